The van der Waals surface area contributed by atoms with Crippen molar-refractivity contribution < 1.29 is 14.3 Å². The SMILES string of the molecule is C=C(C)/C(SC(C)=C(C)C)=c1\c(=C(/C)Br)c(C#N)c(NC(=O)OC(C)(C)C)n1-c1c(C)ccc(OC)c1C. The first kappa shape index (κ1) is 31.3. The highest BCUT2D eigenvalue weighted by Crippen LogP contribution is 2.35. The predicted molar refractivity (Wildman–Crippen MR) is 163 cm³/mol. The van der Waals surface area contributed by atoms with Crippen LogP contribution < -0.4 is 20.6 Å². The van der Waals surface area contributed by atoms with Crippen molar-refractivity contribution >= 4 is 49.0 Å². The number of allylic oxidation sites excluding steroid dienone is 2. The van der Waals surface area contributed by atoms with Gasteiger partial charge in [0.15, 0.2) is 0 Å². The number of aromatic nitrogens is 1. The van der Waals surface area contributed by atoms with Crippen LogP contribution in [0.1, 0.15) is 72.1 Å². The number of rotatable bonds is 6. The number of carbonyl (C=O) groups is 1. The molecule has 0 atom stereocenters. The Labute approximate surface area is 239 Å². The molecular weight excluding hydrogens is 562 g/mol. The van der Waals surface area contributed by atoms with Gasteiger partial charge in [-0.15, -0.1) is 0 Å². The van der Waals surface area contributed by atoms with Gasteiger partial charge in [-0.1, -0.05) is 45.9 Å². The fraction of sp³-hybridized carbons (Fsp3) is 0.400. The van der Waals surface area contributed by atoms with E-state index in [1.807, 2.05) is 44.4 Å². The Morgan fingerprint density at radius 3 is 2.21 bits per heavy atom. The molecule has 0 aliphatic rings. The average Bonchev–Trinajstić information content (AvgIpc) is 3.09. The van der Waals surface area contributed by atoms with Gasteiger partial charge in [-0.2, -0.15) is 5.26 Å². The molecule has 0 aliphatic heterocycles. The van der Waals surface area contributed by atoms with Crippen LogP contribution in [-0.4, -0.2) is 23.4 Å². The number of amides is 1. The smallest absolute Gasteiger partial charge is 0.413 e. The van der Waals surface area contributed by atoms with Crippen molar-refractivity contribution in [3.63, 3.8) is 0 Å². The van der Waals surface area contributed by atoms with Gasteiger partial charge in [0, 0.05) is 20.2 Å². The molecule has 1 aromatic carbocycles. The van der Waals surface area contributed by atoms with Gasteiger partial charge in [0.2, 0.25) is 0 Å². The molecule has 1 amide bonds. The van der Waals surface area contributed by atoms with E-state index in [-0.39, 0.29) is 0 Å². The Morgan fingerprint density at radius 1 is 1.16 bits per heavy atom. The molecule has 1 aromatic heterocycles. The Hall–Kier alpha value is -2.89. The van der Waals surface area contributed by atoms with E-state index >= 15 is 0 Å². The molecule has 0 saturated heterocycles. The minimum Gasteiger partial charge on any atom is -0.496 e. The van der Waals surface area contributed by atoms with Gasteiger partial charge in [-0.3, -0.25) is 9.88 Å². The molecule has 0 aliphatic carbocycles. The van der Waals surface area contributed by atoms with Crippen molar-refractivity contribution in [1.29, 1.82) is 5.26 Å². The predicted octanol–water partition coefficient (Wildman–Crippen LogP) is 7.58. The summed E-state index contributed by atoms with van der Waals surface area (Å²) >= 11 is 5.25. The molecule has 1 N–H and O–H groups in total. The number of nitriles is 1. The maximum atomic E-state index is 13.1. The Bertz CT molecular complexity index is 1480. The van der Waals surface area contributed by atoms with E-state index in [1.54, 1.807) is 39.6 Å². The van der Waals surface area contributed by atoms with E-state index in [9.17, 15) is 10.1 Å². The summed E-state index contributed by atoms with van der Waals surface area (Å²) in [5, 5.41) is 14.8. The molecule has 0 bridgehead atoms. The van der Waals surface area contributed by atoms with Gasteiger partial charge in [0.1, 0.15) is 28.8 Å². The van der Waals surface area contributed by atoms with Crippen molar-refractivity contribution in [2.75, 3.05) is 12.4 Å². The molecule has 0 radical (unpaired) electrons. The van der Waals surface area contributed by atoms with E-state index in [4.69, 9.17) is 9.47 Å². The van der Waals surface area contributed by atoms with Gasteiger partial charge >= 0.3 is 6.09 Å². The summed E-state index contributed by atoms with van der Waals surface area (Å²) in [7, 11) is 1.62. The largest absolute Gasteiger partial charge is 0.496 e. The number of nitrogens with one attached hydrogen (secondary N) is 1. The molecule has 1 heterocycles. The molecule has 38 heavy (non-hydrogen) atoms. The monoisotopic (exact) mass is 599 g/mol. The fourth-order valence-electron chi connectivity index (χ4n) is 3.95. The van der Waals surface area contributed by atoms with E-state index in [1.165, 1.54) is 5.57 Å². The Morgan fingerprint density at radius 2 is 1.76 bits per heavy atom. The molecule has 0 unspecified atom stereocenters. The molecule has 204 valence electrons. The van der Waals surface area contributed by atoms with Crippen molar-refractivity contribution in [3.05, 3.63) is 62.0 Å². The van der Waals surface area contributed by atoms with E-state index in [0.717, 1.165) is 42.0 Å². The Kier molecular flexibility index (Phi) is 10.2. The van der Waals surface area contributed by atoms with Crippen LogP contribution in [-0.2, 0) is 4.74 Å². The maximum absolute atomic E-state index is 13.1. The van der Waals surface area contributed by atoms with Gasteiger partial charge < -0.3 is 9.47 Å². The lowest BCUT2D eigenvalue weighted by molar-refractivity contribution is 0.0635. The molecule has 8 heteroatoms. The summed E-state index contributed by atoms with van der Waals surface area (Å²) in [6.45, 7) is 23.7. The number of nitrogens with zero attached hydrogens (tertiary/aromatic N) is 2. The van der Waals surface area contributed by atoms with Crippen LogP contribution in [0.3, 0.4) is 0 Å². The molecule has 0 saturated carbocycles. The minimum atomic E-state index is -0.718. The Balaban J connectivity index is 3.35. The summed E-state index contributed by atoms with van der Waals surface area (Å²) in [4.78, 5) is 15.1. The summed E-state index contributed by atoms with van der Waals surface area (Å²) in [5.74, 6) is 1.01. The standard InChI is InChI=1S/C30H38BrN3O3S/c1-16(2)21(8)38-27(17(3)4)26-24(20(7)31)22(15-32)28(33-29(35)37-30(9,10)11)34(26)25-18(5)13-14-23(36-12)19(25)6/h13-14H,3H2,1-2,4-12H3,(H,33,35)/b24-20+,27-26-. The number of carbonyl (C=O) groups excluding carboxylic acids is 1. The van der Waals surface area contributed by atoms with Crippen LogP contribution in [0.15, 0.2) is 34.8 Å². The highest BCUT2D eigenvalue weighted by molar-refractivity contribution is 9.14. The number of aryl methyl sites for hydroxylation is 1. The van der Waals surface area contributed by atoms with Crippen LogP contribution in [0.5, 0.6) is 5.75 Å². The van der Waals surface area contributed by atoms with Crippen molar-refractivity contribution in [2.24, 2.45) is 0 Å². The van der Waals surface area contributed by atoms with Crippen molar-refractivity contribution in [3.8, 4) is 17.5 Å². The van der Waals surface area contributed by atoms with E-state index in [0.29, 0.717) is 22.3 Å². The summed E-state index contributed by atoms with van der Waals surface area (Å²) < 4.78 is 13.9. The third kappa shape index (κ3) is 6.75. The second kappa shape index (κ2) is 12.3. The first-order valence-electron chi connectivity index (χ1n) is 12.2. The van der Waals surface area contributed by atoms with Crippen LogP contribution in [0.4, 0.5) is 10.6 Å². The zero-order chi connectivity index (χ0) is 29.1. The van der Waals surface area contributed by atoms with Crippen molar-refractivity contribution in [1.82, 2.24) is 4.57 Å². The lowest BCUT2D eigenvalue weighted by atomic mass is 10.1. The van der Waals surface area contributed by atoms with E-state index in [2.05, 4.69) is 54.7 Å². The molecule has 2 rings (SSSR count). The van der Waals surface area contributed by atoms with E-state index < -0.39 is 11.7 Å². The first-order valence-corrected chi connectivity index (χ1v) is 13.8. The molecule has 6 nitrogen and oxygen atoms in total. The normalized spacial score (nSPS) is 12.8. The number of hydrogen-bond acceptors (Lipinski definition) is 5. The highest BCUT2D eigenvalue weighted by Gasteiger charge is 2.26. The number of methoxy groups -OCH3 is 1. The fourth-order valence-corrected chi connectivity index (χ4v) is 5.31. The molecular formula is C30H38BrN3O3S. The minimum absolute atomic E-state index is 0.316. The third-order valence-corrected chi connectivity index (χ3v) is 7.69. The average molecular weight is 601 g/mol. The van der Waals surface area contributed by atoms with Crippen LogP contribution in [0.2, 0.25) is 0 Å². The highest BCUT2D eigenvalue weighted by atomic mass is 79.9. The van der Waals surface area contributed by atoms with Gasteiger partial charge in [0.25, 0.3) is 0 Å². The molecule has 0 spiro atoms. The quantitative estimate of drug-likeness (QED) is 0.370. The summed E-state index contributed by atoms with van der Waals surface area (Å²) in [6, 6.07) is 6.22. The third-order valence-electron chi connectivity index (χ3n) is 5.83. The molecule has 2 aromatic rings. The zero-order valence-electron chi connectivity index (χ0n) is 24.3. The summed E-state index contributed by atoms with van der Waals surface area (Å²) in [5.41, 5.74) is 4.21. The van der Waals surface area contributed by atoms with Crippen LogP contribution >= 0.6 is 27.7 Å². The lowest BCUT2D eigenvalue weighted by Gasteiger charge is -2.22. The van der Waals surface area contributed by atoms with Gasteiger partial charge in [0.05, 0.1) is 18.1 Å². The maximum Gasteiger partial charge on any atom is 0.413 e. The number of thioether (sulfide) groups is 1. The molecule has 0 fully saturated rings. The lowest BCUT2D eigenvalue weighted by Crippen LogP contribution is -2.34. The second-order valence-electron chi connectivity index (χ2n) is 10.4. The van der Waals surface area contributed by atoms with Gasteiger partial charge in [-0.05, 0) is 91.3 Å². The number of hydrogen-bond donors (Lipinski definition) is 1. The topological polar surface area (TPSA) is 76.3 Å². The van der Waals surface area contributed by atoms with Gasteiger partial charge in [-0.25, -0.2) is 4.79 Å². The number of benzene rings is 1. The number of ether oxygens (including phenoxy) is 2. The number of anilines is 1. The second-order valence-corrected chi connectivity index (χ2v) is 12.8. The van der Waals surface area contributed by atoms with Crippen LogP contribution in [0.25, 0.3) is 15.1 Å². The summed E-state index contributed by atoms with van der Waals surface area (Å²) in [6.07, 6.45) is -0.652. The first-order chi connectivity index (χ1) is 17.5. The van der Waals surface area contributed by atoms with Crippen LogP contribution in [0, 0.1) is 25.2 Å². The zero-order valence-corrected chi connectivity index (χ0v) is 26.7. The van der Waals surface area contributed by atoms with Crippen molar-refractivity contribution in [2.45, 2.75) is 74.8 Å². The number of halogens is 1.